The number of aliphatic imine (C=N–C) groups is 1. The van der Waals surface area contributed by atoms with Crippen LogP contribution in [0.2, 0.25) is 0 Å². The number of rotatable bonds is 5. The quantitative estimate of drug-likeness (QED) is 0.741. The van der Waals surface area contributed by atoms with Gasteiger partial charge in [0.1, 0.15) is 17.3 Å². The summed E-state index contributed by atoms with van der Waals surface area (Å²) in [5.74, 6) is -0.0542. The standard InChI is InChI=1S/C21H25NO5/c1-5-27-21(24)18-12(2)22-15-7-6-8-16(23)20(15)19(18)14-11-13(25-3)9-10-17(14)26-4/h9-11,19-20H,5-8H2,1-4H3/t19-,20-/m1/s1. The summed E-state index contributed by atoms with van der Waals surface area (Å²) in [4.78, 5) is 30.3. The van der Waals surface area contributed by atoms with Crippen molar-refractivity contribution in [3.8, 4) is 11.5 Å². The van der Waals surface area contributed by atoms with Crippen LogP contribution in [0.25, 0.3) is 0 Å². The van der Waals surface area contributed by atoms with E-state index in [-0.39, 0.29) is 12.4 Å². The van der Waals surface area contributed by atoms with Crippen LogP contribution in [0.1, 0.15) is 44.6 Å². The molecule has 1 heterocycles. The van der Waals surface area contributed by atoms with Crippen LogP contribution in [-0.4, -0.2) is 38.3 Å². The Labute approximate surface area is 159 Å². The molecule has 144 valence electrons. The molecule has 0 N–H and O–H groups in total. The van der Waals surface area contributed by atoms with Gasteiger partial charge in [0.25, 0.3) is 0 Å². The number of benzene rings is 1. The number of methoxy groups -OCH3 is 2. The van der Waals surface area contributed by atoms with E-state index >= 15 is 0 Å². The lowest BCUT2D eigenvalue weighted by Gasteiger charge is -2.36. The molecule has 2 aliphatic rings. The summed E-state index contributed by atoms with van der Waals surface area (Å²) in [6.45, 7) is 3.82. The Morgan fingerprint density at radius 3 is 2.63 bits per heavy atom. The van der Waals surface area contributed by atoms with Gasteiger partial charge in [0, 0.05) is 29.3 Å². The van der Waals surface area contributed by atoms with Gasteiger partial charge in [-0.25, -0.2) is 4.79 Å². The molecule has 0 bridgehead atoms. The number of hydrogen-bond donors (Lipinski definition) is 0. The fraction of sp³-hybridized carbons (Fsp3) is 0.476. The zero-order valence-electron chi connectivity index (χ0n) is 16.2. The Hall–Kier alpha value is -2.63. The molecule has 0 unspecified atom stereocenters. The number of nitrogens with zero attached hydrogens (tertiary/aromatic N) is 1. The largest absolute Gasteiger partial charge is 0.497 e. The van der Waals surface area contributed by atoms with Crippen LogP contribution in [0.5, 0.6) is 11.5 Å². The van der Waals surface area contributed by atoms with Crippen molar-refractivity contribution < 1.29 is 23.8 Å². The van der Waals surface area contributed by atoms with E-state index in [4.69, 9.17) is 14.2 Å². The number of allylic oxidation sites excluding steroid dienone is 1. The van der Waals surface area contributed by atoms with E-state index in [0.717, 1.165) is 24.1 Å². The summed E-state index contributed by atoms with van der Waals surface area (Å²) in [6, 6.07) is 5.43. The van der Waals surface area contributed by atoms with E-state index < -0.39 is 17.8 Å². The first-order valence-electron chi connectivity index (χ1n) is 9.21. The predicted octanol–water partition coefficient (Wildman–Crippen LogP) is 3.45. The van der Waals surface area contributed by atoms with Gasteiger partial charge in [-0.05, 0) is 44.9 Å². The fourth-order valence-corrected chi connectivity index (χ4v) is 4.01. The van der Waals surface area contributed by atoms with Crippen molar-refractivity contribution in [2.24, 2.45) is 10.9 Å². The SMILES string of the molecule is CCOC(=O)C1=C(C)N=C2CCCC(=O)[C@@H]2[C@@H]1c1cc(OC)ccc1OC. The number of carbonyl (C=O) groups excluding carboxylic acids is 2. The predicted molar refractivity (Wildman–Crippen MR) is 101 cm³/mol. The van der Waals surface area contributed by atoms with Gasteiger partial charge in [-0.1, -0.05) is 0 Å². The number of ether oxygens (including phenoxy) is 3. The van der Waals surface area contributed by atoms with Gasteiger partial charge in [0.15, 0.2) is 0 Å². The van der Waals surface area contributed by atoms with Gasteiger partial charge >= 0.3 is 5.97 Å². The van der Waals surface area contributed by atoms with Gasteiger partial charge < -0.3 is 14.2 Å². The number of Topliss-reactive ketones (excluding diaryl/α,β-unsaturated/α-hetero) is 1. The molecule has 0 amide bonds. The molecule has 6 nitrogen and oxygen atoms in total. The van der Waals surface area contributed by atoms with Crippen molar-refractivity contribution in [1.82, 2.24) is 0 Å². The van der Waals surface area contributed by atoms with Crippen molar-refractivity contribution in [1.29, 1.82) is 0 Å². The molecule has 0 saturated heterocycles. The van der Waals surface area contributed by atoms with E-state index in [0.29, 0.717) is 29.2 Å². The Morgan fingerprint density at radius 1 is 1.19 bits per heavy atom. The number of hydrogen-bond acceptors (Lipinski definition) is 6. The highest BCUT2D eigenvalue weighted by Gasteiger charge is 2.44. The van der Waals surface area contributed by atoms with Crippen molar-refractivity contribution >= 4 is 17.5 Å². The third-order valence-corrected chi connectivity index (χ3v) is 5.17. The zero-order chi connectivity index (χ0) is 19.6. The van der Waals surface area contributed by atoms with Gasteiger partial charge in [-0.15, -0.1) is 0 Å². The molecule has 1 aliphatic heterocycles. The number of carbonyl (C=O) groups is 2. The molecule has 0 spiro atoms. The average Bonchev–Trinajstić information content (AvgIpc) is 2.66. The molecular formula is C21H25NO5. The molecule has 1 aromatic rings. The van der Waals surface area contributed by atoms with Gasteiger partial charge in [0.05, 0.1) is 32.3 Å². The second-order valence-electron chi connectivity index (χ2n) is 6.71. The Balaban J connectivity index is 2.23. The fourth-order valence-electron chi connectivity index (χ4n) is 4.01. The first kappa shape index (κ1) is 19.1. The van der Waals surface area contributed by atoms with Crippen LogP contribution in [-0.2, 0) is 14.3 Å². The van der Waals surface area contributed by atoms with Crippen molar-refractivity contribution in [3.63, 3.8) is 0 Å². The molecule has 0 aromatic heterocycles. The number of ketones is 1. The molecule has 6 heteroatoms. The Bertz CT molecular complexity index is 824. The second-order valence-corrected chi connectivity index (χ2v) is 6.71. The first-order chi connectivity index (χ1) is 13.0. The van der Waals surface area contributed by atoms with Crippen LogP contribution in [0.3, 0.4) is 0 Å². The lowest BCUT2D eigenvalue weighted by Crippen LogP contribution is -2.39. The molecule has 0 radical (unpaired) electrons. The van der Waals surface area contributed by atoms with Gasteiger partial charge in [-0.3, -0.25) is 9.79 Å². The smallest absolute Gasteiger partial charge is 0.336 e. The van der Waals surface area contributed by atoms with Crippen LogP contribution < -0.4 is 9.47 Å². The molecule has 1 aliphatic carbocycles. The van der Waals surface area contributed by atoms with Crippen LogP contribution in [0, 0.1) is 5.92 Å². The summed E-state index contributed by atoms with van der Waals surface area (Å²) < 4.78 is 16.2. The van der Waals surface area contributed by atoms with Crippen molar-refractivity contribution in [2.45, 2.75) is 39.0 Å². The third-order valence-electron chi connectivity index (χ3n) is 5.17. The lowest BCUT2D eigenvalue weighted by molar-refractivity contribution is -0.139. The molecular weight excluding hydrogens is 346 g/mol. The summed E-state index contributed by atoms with van der Waals surface area (Å²) in [6.07, 6.45) is 2.03. The summed E-state index contributed by atoms with van der Waals surface area (Å²) in [5.41, 5.74) is 2.61. The van der Waals surface area contributed by atoms with E-state index in [1.54, 1.807) is 40.2 Å². The van der Waals surface area contributed by atoms with Crippen molar-refractivity contribution in [3.05, 3.63) is 35.0 Å². The molecule has 1 fully saturated rings. The normalized spacial score (nSPS) is 22.1. The minimum absolute atomic E-state index is 0.101. The van der Waals surface area contributed by atoms with Gasteiger partial charge in [0.2, 0.25) is 0 Å². The Kier molecular flexibility index (Phi) is 5.63. The number of esters is 1. The molecule has 27 heavy (non-hydrogen) atoms. The second kappa shape index (κ2) is 7.94. The van der Waals surface area contributed by atoms with Crippen molar-refractivity contribution in [2.75, 3.05) is 20.8 Å². The minimum atomic E-state index is -0.491. The summed E-state index contributed by atoms with van der Waals surface area (Å²) in [7, 11) is 3.16. The van der Waals surface area contributed by atoms with Gasteiger partial charge in [-0.2, -0.15) is 0 Å². The maximum Gasteiger partial charge on any atom is 0.336 e. The molecule has 1 aromatic carbocycles. The highest BCUT2D eigenvalue weighted by Crippen LogP contribution is 2.46. The zero-order valence-corrected chi connectivity index (χ0v) is 16.2. The van der Waals surface area contributed by atoms with E-state index in [1.165, 1.54) is 0 Å². The lowest BCUT2D eigenvalue weighted by atomic mass is 9.69. The minimum Gasteiger partial charge on any atom is -0.497 e. The first-order valence-corrected chi connectivity index (χ1v) is 9.21. The molecule has 3 rings (SSSR count). The maximum absolute atomic E-state index is 12.9. The van der Waals surface area contributed by atoms with Crippen LogP contribution >= 0.6 is 0 Å². The van der Waals surface area contributed by atoms with E-state index in [1.807, 2.05) is 6.07 Å². The highest BCUT2D eigenvalue weighted by molar-refractivity contribution is 6.11. The summed E-state index contributed by atoms with van der Waals surface area (Å²) >= 11 is 0. The molecule has 2 atom stereocenters. The Morgan fingerprint density at radius 2 is 1.96 bits per heavy atom. The highest BCUT2D eigenvalue weighted by atomic mass is 16.5. The average molecular weight is 371 g/mol. The third kappa shape index (κ3) is 3.48. The monoisotopic (exact) mass is 371 g/mol. The molecule has 1 saturated carbocycles. The summed E-state index contributed by atoms with van der Waals surface area (Å²) in [5, 5.41) is 0. The van der Waals surface area contributed by atoms with Crippen LogP contribution in [0.4, 0.5) is 0 Å². The number of fused-ring (bicyclic) bond motifs is 1. The van der Waals surface area contributed by atoms with E-state index in [9.17, 15) is 9.59 Å². The van der Waals surface area contributed by atoms with E-state index in [2.05, 4.69) is 4.99 Å². The topological polar surface area (TPSA) is 74.2 Å². The maximum atomic E-state index is 12.9. The van der Waals surface area contributed by atoms with Crippen LogP contribution in [0.15, 0.2) is 34.5 Å².